The highest BCUT2D eigenvalue weighted by atomic mass is 19.4. The summed E-state index contributed by atoms with van der Waals surface area (Å²) in [6, 6.07) is 11.0. The molecule has 0 aliphatic heterocycles. The fourth-order valence-electron chi connectivity index (χ4n) is 2.26. The summed E-state index contributed by atoms with van der Waals surface area (Å²) in [6.07, 6.45) is -3.80. The second-order valence-corrected chi connectivity index (χ2v) is 5.47. The van der Waals surface area contributed by atoms with Gasteiger partial charge in [0.25, 0.3) is 0 Å². The number of alkyl halides is 3. The smallest absolute Gasteiger partial charge is 0.325 e. The van der Waals surface area contributed by atoms with E-state index in [1.54, 1.807) is 12.1 Å². The van der Waals surface area contributed by atoms with Crippen molar-refractivity contribution >= 4 is 11.6 Å². The zero-order chi connectivity index (χ0) is 18.3. The summed E-state index contributed by atoms with van der Waals surface area (Å²) < 4.78 is 51.3. The Hall–Kier alpha value is -2.41. The predicted molar refractivity (Wildman–Crippen MR) is 87.7 cm³/mol. The Morgan fingerprint density at radius 1 is 0.960 bits per heavy atom. The van der Waals surface area contributed by atoms with Crippen molar-refractivity contribution in [2.75, 3.05) is 18.4 Å². The second-order valence-electron chi connectivity index (χ2n) is 5.47. The van der Waals surface area contributed by atoms with Gasteiger partial charge in [0.1, 0.15) is 5.82 Å². The van der Waals surface area contributed by atoms with Crippen LogP contribution in [0.15, 0.2) is 48.5 Å². The van der Waals surface area contributed by atoms with Gasteiger partial charge in [-0.2, -0.15) is 13.2 Å². The molecule has 0 fully saturated rings. The van der Waals surface area contributed by atoms with Gasteiger partial charge in [0.2, 0.25) is 5.91 Å². The molecule has 0 bridgehead atoms. The number of carbonyl (C=O) groups excluding carboxylic acids is 1. The number of benzene rings is 2. The zero-order valence-electron chi connectivity index (χ0n) is 13.4. The molecule has 3 nitrogen and oxygen atoms in total. The van der Waals surface area contributed by atoms with Gasteiger partial charge in [0.05, 0.1) is 11.3 Å². The fourth-order valence-corrected chi connectivity index (χ4v) is 2.26. The van der Waals surface area contributed by atoms with Gasteiger partial charge < -0.3 is 10.6 Å². The lowest BCUT2D eigenvalue weighted by atomic mass is 10.1. The first kappa shape index (κ1) is 18.9. The van der Waals surface area contributed by atoms with Gasteiger partial charge in [-0.15, -0.1) is 0 Å². The van der Waals surface area contributed by atoms with Crippen molar-refractivity contribution in [1.29, 1.82) is 0 Å². The molecule has 25 heavy (non-hydrogen) atoms. The number of rotatable bonds is 7. The summed E-state index contributed by atoms with van der Waals surface area (Å²) in [5.74, 6) is -0.793. The normalized spacial score (nSPS) is 11.4. The molecule has 2 aromatic rings. The van der Waals surface area contributed by atoms with Crippen LogP contribution in [0.4, 0.5) is 23.2 Å². The first-order valence-electron chi connectivity index (χ1n) is 7.77. The lowest BCUT2D eigenvalue weighted by Crippen LogP contribution is -2.24. The molecule has 0 atom stereocenters. The fraction of sp³-hybridized carbons (Fsp3) is 0.278. The number of halogens is 4. The molecule has 0 aliphatic rings. The molecule has 0 unspecified atom stereocenters. The van der Waals surface area contributed by atoms with Crippen molar-refractivity contribution < 1.29 is 22.4 Å². The summed E-state index contributed by atoms with van der Waals surface area (Å²) in [7, 11) is 0. The van der Waals surface area contributed by atoms with Crippen LogP contribution in [0.1, 0.15) is 17.5 Å². The van der Waals surface area contributed by atoms with E-state index in [4.69, 9.17) is 0 Å². The van der Waals surface area contributed by atoms with Crippen LogP contribution in [0.5, 0.6) is 0 Å². The lowest BCUT2D eigenvalue weighted by molar-refractivity contribution is -0.137. The number of para-hydroxylation sites is 1. The molecule has 0 saturated heterocycles. The maximum Gasteiger partial charge on any atom is 0.418 e. The van der Waals surface area contributed by atoms with Gasteiger partial charge >= 0.3 is 6.18 Å². The van der Waals surface area contributed by atoms with Crippen molar-refractivity contribution in [3.05, 3.63) is 65.5 Å². The van der Waals surface area contributed by atoms with Crippen molar-refractivity contribution in [3.63, 3.8) is 0 Å². The third-order valence-electron chi connectivity index (χ3n) is 3.54. The molecule has 0 aliphatic carbocycles. The summed E-state index contributed by atoms with van der Waals surface area (Å²) in [5, 5.41) is 5.32. The molecular weight excluding hydrogens is 336 g/mol. The maximum atomic E-state index is 12.9. The quantitative estimate of drug-likeness (QED) is 0.583. The van der Waals surface area contributed by atoms with Crippen LogP contribution in [0.2, 0.25) is 0 Å². The SMILES string of the molecule is O=C(CCNCCc1ccc(F)cc1)Nc1ccccc1C(F)(F)F. The highest BCUT2D eigenvalue weighted by molar-refractivity contribution is 5.91. The molecule has 134 valence electrons. The summed E-state index contributed by atoms with van der Waals surface area (Å²) >= 11 is 0. The molecule has 7 heteroatoms. The maximum absolute atomic E-state index is 12.9. The van der Waals surface area contributed by atoms with Gasteiger partial charge in [0.15, 0.2) is 0 Å². The van der Waals surface area contributed by atoms with E-state index in [1.165, 1.54) is 30.3 Å². The minimum absolute atomic E-state index is 0.0512. The average molecular weight is 354 g/mol. The summed E-state index contributed by atoms with van der Waals surface area (Å²) in [4.78, 5) is 11.8. The third-order valence-corrected chi connectivity index (χ3v) is 3.54. The Balaban J connectivity index is 1.73. The molecule has 2 rings (SSSR count). The molecule has 0 heterocycles. The Labute approximate surface area is 143 Å². The monoisotopic (exact) mass is 354 g/mol. The number of carbonyl (C=O) groups is 1. The Morgan fingerprint density at radius 3 is 2.32 bits per heavy atom. The molecule has 2 aromatic carbocycles. The molecule has 0 aromatic heterocycles. The lowest BCUT2D eigenvalue weighted by Gasteiger charge is -2.13. The molecule has 2 N–H and O–H groups in total. The van der Waals surface area contributed by atoms with Crippen LogP contribution in [0.3, 0.4) is 0 Å². The van der Waals surface area contributed by atoms with Crippen molar-refractivity contribution in [3.8, 4) is 0 Å². The topological polar surface area (TPSA) is 41.1 Å². The highest BCUT2D eigenvalue weighted by Gasteiger charge is 2.33. The number of hydrogen-bond acceptors (Lipinski definition) is 2. The van der Waals surface area contributed by atoms with Gasteiger partial charge in [-0.1, -0.05) is 24.3 Å². The second kappa shape index (κ2) is 8.62. The van der Waals surface area contributed by atoms with E-state index in [9.17, 15) is 22.4 Å². The Kier molecular flexibility index (Phi) is 6.52. The van der Waals surface area contributed by atoms with E-state index in [0.717, 1.165) is 11.6 Å². The van der Waals surface area contributed by atoms with Gasteiger partial charge in [-0.05, 0) is 42.8 Å². The Morgan fingerprint density at radius 2 is 1.64 bits per heavy atom. The first-order valence-corrected chi connectivity index (χ1v) is 7.77. The highest BCUT2D eigenvalue weighted by Crippen LogP contribution is 2.34. The average Bonchev–Trinajstić information content (AvgIpc) is 2.56. The first-order chi connectivity index (χ1) is 11.9. The molecule has 1 amide bonds. The van der Waals surface area contributed by atoms with E-state index < -0.39 is 17.6 Å². The minimum atomic E-state index is -4.52. The molecule has 0 saturated carbocycles. The van der Waals surface area contributed by atoms with Gasteiger partial charge in [0, 0.05) is 13.0 Å². The molecule has 0 spiro atoms. The van der Waals surface area contributed by atoms with E-state index in [0.29, 0.717) is 19.5 Å². The number of nitrogens with one attached hydrogen (secondary N) is 2. The third kappa shape index (κ3) is 6.19. The van der Waals surface area contributed by atoms with Crippen LogP contribution in [-0.2, 0) is 17.4 Å². The van der Waals surface area contributed by atoms with Crippen molar-refractivity contribution in [2.45, 2.75) is 19.0 Å². The number of hydrogen-bond donors (Lipinski definition) is 2. The van der Waals surface area contributed by atoms with Gasteiger partial charge in [-0.3, -0.25) is 4.79 Å². The van der Waals surface area contributed by atoms with Crippen molar-refractivity contribution in [1.82, 2.24) is 5.32 Å². The van der Waals surface area contributed by atoms with Crippen molar-refractivity contribution in [2.24, 2.45) is 0 Å². The summed E-state index contributed by atoms with van der Waals surface area (Å²) in [6.45, 7) is 0.916. The molecule has 0 radical (unpaired) electrons. The van der Waals surface area contributed by atoms with Crippen LogP contribution < -0.4 is 10.6 Å². The van der Waals surface area contributed by atoms with E-state index in [2.05, 4.69) is 10.6 Å². The van der Waals surface area contributed by atoms with Gasteiger partial charge in [-0.25, -0.2) is 4.39 Å². The van der Waals surface area contributed by atoms with E-state index >= 15 is 0 Å². The minimum Gasteiger partial charge on any atom is -0.325 e. The summed E-state index contributed by atoms with van der Waals surface area (Å²) in [5.41, 5.74) is -0.156. The van der Waals surface area contributed by atoms with Crippen LogP contribution >= 0.6 is 0 Å². The Bertz CT molecular complexity index is 699. The predicted octanol–water partition coefficient (Wildman–Crippen LogP) is 4.01. The standard InChI is InChI=1S/C18H18F4N2O/c19-14-7-5-13(6-8-14)9-11-23-12-10-17(25)24-16-4-2-1-3-15(16)18(20,21)22/h1-8,23H,9-12H2,(H,24,25). The van der Waals surface area contributed by atoms with E-state index in [1.807, 2.05) is 0 Å². The largest absolute Gasteiger partial charge is 0.418 e. The zero-order valence-corrected chi connectivity index (χ0v) is 13.4. The number of anilines is 1. The van der Waals surface area contributed by atoms with Crippen LogP contribution in [0.25, 0.3) is 0 Å². The van der Waals surface area contributed by atoms with Crippen LogP contribution in [0, 0.1) is 5.82 Å². The number of amides is 1. The van der Waals surface area contributed by atoms with Crippen LogP contribution in [-0.4, -0.2) is 19.0 Å². The molecular formula is C18H18F4N2O. The van der Waals surface area contributed by atoms with E-state index in [-0.39, 0.29) is 17.9 Å².